The molecule has 0 saturated heterocycles. The second-order valence-corrected chi connectivity index (χ2v) is 14.1. The molecule has 0 aromatic heterocycles. The van der Waals surface area contributed by atoms with Crippen LogP contribution in [0.2, 0.25) is 5.02 Å². The van der Waals surface area contributed by atoms with Crippen molar-refractivity contribution in [1.82, 2.24) is 9.80 Å². The number of aliphatic hydroxyl groups is 1. The summed E-state index contributed by atoms with van der Waals surface area (Å²) in [5, 5.41) is 10.4. The molecule has 0 saturated carbocycles. The molecule has 9 nitrogen and oxygen atoms in total. The Hall–Kier alpha value is -4.09. The minimum Gasteiger partial charge on any atom is -0.488 e. The molecule has 5 rings (SSSR count). The fourth-order valence-electron chi connectivity index (χ4n) is 5.51. The van der Waals surface area contributed by atoms with Crippen LogP contribution in [-0.4, -0.2) is 68.1 Å². The van der Waals surface area contributed by atoms with Crippen molar-refractivity contribution in [2.24, 2.45) is 5.92 Å². The van der Waals surface area contributed by atoms with E-state index >= 15 is 0 Å². The third kappa shape index (κ3) is 9.04. The van der Waals surface area contributed by atoms with Crippen LogP contribution < -0.4 is 14.2 Å². The van der Waals surface area contributed by atoms with Crippen LogP contribution in [-0.2, 0) is 27.8 Å². The van der Waals surface area contributed by atoms with Crippen molar-refractivity contribution in [3.05, 3.63) is 113 Å². The lowest BCUT2D eigenvalue weighted by atomic mass is 10.0. The highest BCUT2D eigenvalue weighted by molar-refractivity contribution is 7.92. The van der Waals surface area contributed by atoms with Crippen LogP contribution in [0.5, 0.6) is 17.2 Å². The zero-order valence-corrected chi connectivity index (χ0v) is 28.2. The zero-order chi connectivity index (χ0) is 33.6. The lowest BCUT2D eigenvalue weighted by Gasteiger charge is -2.34. The van der Waals surface area contributed by atoms with Crippen molar-refractivity contribution < 1.29 is 27.8 Å². The number of carbonyl (C=O) groups excluding carboxylic acids is 1. The van der Waals surface area contributed by atoms with Crippen LogP contribution in [0.1, 0.15) is 25.0 Å². The van der Waals surface area contributed by atoms with E-state index in [0.29, 0.717) is 41.7 Å². The maximum Gasteiger partial charge on any atom is 0.261 e. The van der Waals surface area contributed by atoms with Gasteiger partial charge >= 0.3 is 0 Å². The van der Waals surface area contributed by atoms with Gasteiger partial charge < -0.3 is 19.5 Å². The largest absolute Gasteiger partial charge is 0.488 e. The number of hydrogen-bond acceptors (Lipinski definition) is 7. The Morgan fingerprint density at radius 2 is 1.70 bits per heavy atom. The quantitative estimate of drug-likeness (QED) is 0.194. The van der Waals surface area contributed by atoms with Gasteiger partial charge in [-0.2, -0.15) is 0 Å². The van der Waals surface area contributed by atoms with Crippen LogP contribution >= 0.6 is 11.6 Å². The van der Waals surface area contributed by atoms with Crippen LogP contribution in [0.15, 0.2) is 102 Å². The lowest BCUT2D eigenvalue weighted by molar-refractivity contribution is -0.134. The molecule has 3 atom stereocenters. The van der Waals surface area contributed by atoms with Gasteiger partial charge in [0.15, 0.2) is 0 Å². The monoisotopic (exact) mass is 677 g/mol. The molecule has 47 heavy (non-hydrogen) atoms. The fraction of sp³-hybridized carbons (Fsp3) is 0.306. The Morgan fingerprint density at radius 1 is 1.02 bits per heavy atom. The second-order valence-electron chi connectivity index (χ2n) is 12.0. The van der Waals surface area contributed by atoms with Gasteiger partial charge in [0.2, 0.25) is 5.91 Å². The topological polar surface area (TPSA) is 108 Å². The Bertz CT molecular complexity index is 1750. The second kappa shape index (κ2) is 15.2. The van der Waals surface area contributed by atoms with Crippen LogP contribution in [0, 0.1) is 5.92 Å². The molecule has 0 fully saturated rings. The molecular formula is C36H40ClN3O6S. The molecular weight excluding hydrogens is 638 g/mol. The first-order valence-corrected chi connectivity index (χ1v) is 17.4. The van der Waals surface area contributed by atoms with E-state index in [1.807, 2.05) is 75.5 Å². The number of rotatable bonds is 11. The molecule has 0 spiro atoms. The Morgan fingerprint density at radius 3 is 2.38 bits per heavy atom. The number of anilines is 1. The van der Waals surface area contributed by atoms with Gasteiger partial charge in [-0.25, -0.2) is 8.42 Å². The number of aliphatic hydroxyl groups excluding tert-OH is 1. The number of halogens is 1. The third-order valence-electron chi connectivity index (χ3n) is 8.14. The predicted molar refractivity (Wildman–Crippen MR) is 184 cm³/mol. The Kier molecular flexibility index (Phi) is 11.1. The molecule has 2 N–H and O–H groups in total. The number of nitrogens with one attached hydrogen (secondary N) is 1. The van der Waals surface area contributed by atoms with Crippen molar-refractivity contribution in [2.45, 2.75) is 43.9 Å². The highest BCUT2D eigenvalue weighted by atomic mass is 35.5. The molecule has 0 aliphatic carbocycles. The molecule has 4 aromatic carbocycles. The first-order chi connectivity index (χ1) is 22.5. The van der Waals surface area contributed by atoms with Gasteiger partial charge in [-0.05, 0) is 86.3 Å². The molecule has 1 heterocycles. The van der Waals surface area contributed by atoms with Crippen molar-refractivity contribution in [3.8, 4) is 17.2 Å². The molecule has 1 amide bonds. The van der Waals surface area contributed by atoms with E-state index in [9.17, 15) is 18.3 Å². The molecule has 0 bridgehead atoms. The average Bonchev–Trinajstić information content (AvgIpc) is 3.09. The number of carbonyl (C=O) groups is 1. The number of fused-ring (bicyclic) bond motifs is 1. The fourth-order valence-corrected chi connectivity index (χ4v) is 6.69. The summed E-state index contributed by atoms with van der Waals surface area (Å²) in [7, 11) is -1.88. The highest BCUT2D eigenvalue weighted by Crippen LogP contribution is 2.30. The van der Waals surface area contributed by atoms with Gasteiger partial charge in [0.25, 0.3) is 10.0 Å². The standard InChI is InChI=1S/C36H40ClN3O6S/c1-25-21-40(26(2)24-41)36(42)20-28-19-30(38-47(43,44)33-16-11-29(37)12-17-33)13-18-34(28)46-35(25)23-39(3)22-27-9-14-32(15-10-27)45-31-7-5-4-6-8-31/h4-19,25-26,35,38,41H,20-24H2,1-3H3/t25-,26-,35+/m1/s1. The normalized spacial score (nSPS) is 17.6. The van der Waals surface area contributed by atoms with Crippen LogP contribution in [0.25, 0.3) is 0 Å². The van der Waals surface area contributed by atoms with E-state index in [2.05, 4.69) is 9.62 Å². The summed E-state index contributed by atoms with van der Waals surface area (Å²) in [5.41, 5.74) is 1.96. The van der Waals surface area contributed by atoms with E-state index in [4.69, 9.17) is 21.1 Å². The molecule has 1 aliphatic heterocycles. The smallest absolute Gasteiger partial charge is 0.261 e. The van der Waals surface area contributed by atoms with Crippen molar-refractivity contribution in [2.75, 3.05) is 31.5 Å². The SMILES string of the molecule is C[C@@H]1CN([C@H](C)CO)C(=O)Cc2cc(NS(=O)(=O)c3ccc(Cl)cc3)ccc2O[C@H]1CN(C)Cc1ccc(Oc2ccccc2)cc1. The van der Waals surface area contributed by atoms with Crippen LogP contribution in [0.4, 0.5) is 5.69 Å². The summed E-state index contributed by atoms with van der Waals surface area (Å²) < 4.78 is 41.3. The van der Waals surface area contributed by atoms with Gasteiger partial charge in [0.05, 0.1) is 24.0 Å². The summed E-state index contributed by atoms with van der Waals surface area (Å²) in [6.07, 6.45) is -0.321. The van der Waals surface area contributed by atoms with E-state index < -0.39 is 16.1 Å². The van der Waals surface area contributed by atoms with E-state index in [-0.39, 0.29) is 35.9 Å². The lowest BCUT2D eigenvalue weighted by Crippen LogP contribution is -2.47. The first-order valence-electron chi connectivity index (χ1n) is 15.5. The number of amides is 1. The minimum atomic E-state index is -3.90. The Balaban J connectivity index is 1.34. The summed E-state index contributed by atoms with van der Waals surface area (Å²) >= 11 is 5.94. The molecule has 4 aromatic rings. The van der Waals surface area contributed by atoms with E-state index in [1.165, 1.54) is 24.3 Å². The molecule has 11 heteroatoms. The molecule has 0 unspecified atom stereocenters. The molecule has 1 aliphatic rings. The summed E-state index contributed by atoms with van der Waals surface area (Å²) in [4.78, 5) is 17.5. The molecule has 248 valence electrons. The minimum absolute atomic E-state index is 0.0110. The Labute approximate surface area is 281 Å². The van der Waals surface area contributed by atoms with Crippen LogP contribution in [0.3, 0.4) is 0 Å². The van der Waals surface area contributed by atoms with Gasteiger partial charge in [-0.3, -0.25) is 14.4 Å². The summed E-state index contributed by atoms with van der Waals surface area (Å²) in [5.74, 6) is 1.79. The van der Waals surface area contributed by atoms with Crippen molar-refractivity contribution in [1.29, 1.82) is 0 Å². The zero-order valence-electron chi connectivity index (χ0n) is 26.7. The predicted octanol–water partition coefficient (Wildman–Crippen LogP) is 6.21. The number of benzene rings is 4. The number of ether oxygens (including phenoxy) is 2. The number of sulfonamides is 1. The molecule has 0 radical (unpaired) electrons. The summed E-state index contributed by atoms with van der Waals surface area (Å²) in [6, 6.07) is 28.1. The van der Waals surface area contributed by atoms with Crippen molar-refractivity contribution >= 4 is 33.2 Å². The third-order valence-corrected chi connectivity index (χ3v) is 9.79. The summed E-state index contributed by atoms with van der Waals surface area (Å²) in [6.45, 7) is 5.29. The highest BCUT2D eigenvalue weighted by Gasteiger charge is 2.31. The number of para-hydroxylation sites is 1. The maximum atomic E-state index is 13.6. The number of hydrogen-bond donors (Lipinski definition) is 2. The number of likely N-dealkylation sites (N-methyl/N-ethyl adjacent to an activating group) is 1. The average molecular weight is 678 g/mol. The maximum absolute atomic E-state index is 13.6. The van der Waals surface area contributed by atoms with Gasteiger partial charge in [-0.1, -0.05) is 48.9 Å². The van der Waals surface area contributed by atoms with Gasteiger partial charge in [0, 0.05) is 41.8 Å². The van der Waals surface area contributed by atoms with E-state index in [1.54, 1.807) is 23.1 Å². The first kappa shape index (κ1) is 34.3. The van der Waals surface area contributed by atoms with Gasteiger partial charge in [-0.15, -0.1) is 0 Å². The van der Waals surface area contributed by atoms with E-state index in [0.717, 1.165) is 17.1 Å². The number of nitrogens with zero attached hydrogens (tertiary/aromatic N) is 2. The van der Waals surface area contributed by atoms with Crippen molar-refractivity contribution in [3.63, 3.8) is 0 Å². The van der Waals surface area contributed by atoms with Gasteiger partial charge in [0.1, 0.15) is 23.4 Å².